The molecule has 3 fully saturated rings. The highest BCUT2D eigenvalue weighted by atomic mass is 16.5. The van der Waals surface area contributed by atoms with Crippen LogP contribution in [0.15, 0.2) is 0 Å². The molecule has 106 valence electrons. The Hall–Kier alpha value is -1.10. The number of fused-ring (bicyclic) bond motifs is 1. The van der Waals surface area contributed by atoms with Gasteiger partial charge in [0.1, 0.15) is 0 Å². The van der Waals surface area contributed by atoms with Crippen molar-refractivity contribution in [3.8, 4) is 0 Å². The Morgan fingerprint density at radius 2 is 2.05 bits per heavy atom. The van der Waals surface area contributed by atoms with E-state index in [4.69, 9.17) is 0 Å². The van der Waals surface area contributed by atoms with Gasteiger partial charge in [-0.25, -0.2) is 0 Å². The number of methoxy groups -OCH3 is 1. The van der Waals surface area contributed by atoms with Gasteiger partial charge in [-0.15, -0.1) is 0 Å². The third-order valence-corrected chi connectivity index (χ3v) is 5.17. The number of aliphatic hydroxyl groups excluding tert-OH is 1. The molecule has 0 aromatic carbocycles. The molecule has 0 spiro atoms. The first-order valence-electron chi connectivity index (χ1n) is 7.16. The summed E-state index contributed by atoms with van der Waals surface area (Å²) in [6.07, 6.45) is 3.04. The highest BCUT2D eigenvalue weighted by Gasteiger charge is 2.59. The maximum atomic E-state index is 12.2. The molecule has 3 rings (SSSR count). The first kappa shape index (κ1) is 12.9. The van der Waals surface area contributed by atoms with Gasteiger partial charge >= 0.3 is 5.97 Å². The van der Waals surface area contributed by atoms with Crippen molar-refractivity contribution < 1.29 is 19.4 Å². The number of carbonyl (C=O) groups excluding carboxylic acids is 2. The summed E-state index contributed by atoms with van der Waals surface area (Å²) in [6.45, 7) is 0.806. The number of rotatable bonds is 4. The van der Waals surface area contributed by atoms with E-state index in [1.165, 1.54) is 7.11 Å². The first-order chi connectivity index (χ1) is 9.11. The molecular weight excluding hydrogens is 246 g/mol. The lowest BCUT2D eigenvalue weighted by Crippen LogP contribution is -2.43. The topological polar surface area (TPSA) is 66.8 Å². The molecule has 2 aliphatic carbocycles. The Morgan fingerprint density at radius 1 is 1.26 bits per heavy atom. The molecule has 5 atom stereocenters. The second-order valence-electron chi connectivity index (χ2n) is 6.11. The smallest absolute Gasteiger partial charge is 0.305 e. The molecule has 3 aliphatic rings. The van der Waals surface area contributed by atoms with Gasteiger partial charge in [0.15, 0.2) is 0 Å². The van der Waals surface area contributed by atoms with Crippen LogP contribution >= 0.6 is 0 Å². The molecule has 5 heteroatoms. The van der Waals surface area contributed by atoms with Crippen LogP contribution in [0.4, 0.5) is 0 Å². The minimum atomic E-state index is -0.326. The summed E-state index contributed by atoms with van der Waals surface area (Å²) >= 11 is 0. The lowest BCUT2D eigenvalue weighted by atomic mass is 9.88. The van der Waals surface area contributed by atoms with E-state index in [0.717, 1.165) is 19.4 Å². The zero-order valence-corrected chi connectivity index (χ0v) is 11.2. The zero-order chi connectivity index (χ0) is 13.6. The van der Waals surface area contributed by atoms with Crippen molar-refractivity contribution in [2.24, 2.45) is 17.8 Å². The number of hydrogen-bond acceptors (Lipinski definition) is 4. The number of nitrogens with zero attached hydrogens (tertiary/aromatic N) is 1. The predicted molar refractivity (Wildman–Crippen MR) is 67.1 cm³/mol. The van der Waals surface area contributed by atoms with E-state index >= 15 is 0 Å². The highest BCUT2D eigenvalue weighted by molar-refractivity contribution is 5.78. The number of hydrogen-bond donors (Lipinski definition) is 1. The number of ether oxygens (including phenoxy) is 1. The number of esters is 1. The third-order valence-electron chi connectivity index (χ3n) is 5.17. The van der Waals surface area contributed by atoms with Gasteiger partial charge in [-0.1, -0.05) is 0 Å². The molecule has 0 aromatic rings. The molecule has 1 amide bonds. The van der Waals surface area contributed by atoms with Crippen LogP contribution in [-0.2, 0) is 14.3 Å². The van der Waals surface area contributed by atoms with E-state index < -0.39 is 0 Å². The summed E-state index contributed by atoms with van der Waals surface area (Å²) in [4.78, 5) is 25.1. The second-order valence-corrected chi connectivity index (χ2v) is 6.11. The van der Waals surface area contributed by atoms with Crippen molar-refractivity contribution in [3.05, 3.63) is 0 Å². The number of aliphatic hydroxyl groups is 1. The second kappa shape index (κ2) is 4.78. The van der Waals surface area contributed by atoms with Gasteiger partial charge in [0.25, 0.3) is 0 Å². The molecule has 1 N–H and O–H groups in total. The number of amides is 1. The fraction of sp³-hybridized carbons (Fsp3) is 0.857. The van der Waals surface area contributed by atoms with Gasteiger partial charge in [-0.3, -0.25) is 9.59 Å². The fourth-order valence-electron chi connectivity index (χ4n) is 4.33. The molecule has 2 saturated carbocycles. The molecule has 0 unspecified atom stereocenters. The SMILES string of the molecule is COC(=O)CCCC(=O)N1C[C@@H]2C[C@H]3C[C@H]2[C@@H]1[C@H]3O. The Balaban J connectivity index is 1.55. The van der Waals surface area contributed by atoms with Gasteiger partial charge in [-0.05, 0) is 37.0 Å². The summed E-state index contributed by atoms with van der Waals surface area (Å²) in [5.74, 6) is 1.35. The number of likely N-dealkylation sites (tertiary alicyclic amines) is 1. The van der Waals surface area contributed by atoms with Crippen molar-refractivity contribution >= 4 is 11.9 Å². The first-order valence-corrected chi connectivity index (χ1v) is 7.16. The van der Waals surface area contributed by atoms with Crippen LogP contribution < -0.4 is 0 Å². The molecule has 1 aliphatic heterocycles. The monoisotopic (exact) mass is 267 g/mol. The number of carbonyl (C=O) groups is 2. The predicted octanol–water partition coefficient (Wildman–Crippen LogP) is 0.557. The Kier molecular flexibility index (Phi) is 3.25. The van der Waals surface area contributed by atoms with Crippen LogP contribution in [0.3, 0.4) is 0 Å². The minimum Gasteiger partial charge on any atom is -0.469 e. The molecule has 2 bridgehead atoms. The summed E-state index contributed by atoms with van der Waals surface area (Å²) < 4.78 is 4.56. The summed E-state index contributed by atoms with van der Waals surface area (Å²) in [5.41, 5.74) is 0. The van der Waals surface area contributed by atoms with Crippen LogP contribution in [-0.4, -0.2) is 47.7 Å². The van der Waals surface area contributed by atoms with E-state index in [9.17, 15) is 14.7 Å². The quantitative estimate of drug-likeness (QED) is 0.756. The van der Waals surface area contributed by atoms with E-state index in [-0.39, 0.29) is 24.0 Å². The van der Waals surface area contributed by atoms with E-state index in [1.54, 1.807) is 0 Å². The average Bonchev–Trinajstić information content (AvgIpc) is 2.99. The molecule has 1 heterocycles. The summed E-state index contributed by atoms with van der Waals surface area (Å²) in [6, 6.07) is 0.0503. The summed E-state index contributed by atoms with van der Waals surface area (Å²) in [7, 11) is 1.36. The molecule has 0 radical (unpaired) electrons. The van der Waals surface area contributed by atoms with Crippen molar-refractivity contribution in [2.45, 2.75) is 44.2 Å². The van der Waals surface area contributed by atoms with Crippen molar-refractivity contribution in [1.29, 1.82) is 0 Å². The Bertz CT molecular complexity index is 395. The van der Waals surface area contributed by atoms with Crippen LogP contribution in [0.2, 0.25) is 0 Å². The standard InChI is InChI=1S/C14H21NO4/c1-19-12(17)4-2-3-11(16)15-7-9-5-8-6-10(9)13(15)14(8)18/h8-10,13-14,18H,2-7H2,1H3/t8-,9-,10+,13+,14-/m0/s1. The van der Waals surface area contributed by atoms with Crippen molar-refractivity contribution in [2.75, 3.05) is 13.7 Å². The normalized spacial score (nSPS) is 38.8. The highest BCUT2D eigenvalue weighted by Crippen LogP contribution is 2.54. The Labute approximate surface area is 112 Å². The lowest BCUT2D eigenvalue weighted by Gasteiger charge is -2.28. The van der Waals surface area contributed by atoms with Crippen LogP contribution in [0.5, 0.6) is 0 Å². The Morgan fingerprint density at radius 3 is 2.74 bits per heavy atom. The molecule has 0 aromatic heterocycles. The van der Waals surface area contributed by atoms with Gasteiger partial charge in [-0.2, -0.15) is 0 Å². The van der Waals surface area contributed by atoms with Gasteiger partial charge in [0, 0.05) is 19.4 Å². The van der Waals surface area contributed by atoms with Crippen molar-refractivity contribution in [1.82, 2.24) is 4.90 Å². The van der Waals surface area contributed by atoms with E-state index in [0.29, 0.717) is 37.0 Å². The maximum absolute atomic E-state index is 12.2. The van der Waals surface area contributed by atoms with E-state index in [1.807, 2.05) is 4.90 Å². The largest absolute Gasteiger partial charge is 0.469 e. The van der Waals surface area contributed by atoms with Gasteiger partial charge in [0.2, 0.25) is 5.91 Å². The molecular formula is C14H21NO4. The van der Waals surface area contributed by atoms with Gasteiger partial charge < -0.3 is 14.7 Å². The maximum Gasteiger partial charge on any atom is 0.305 e. The van der Waals surface area contributed by atoms with Crippen LogP contribution in [0.25, 0.3) is 0 Å². The van der Waals surface area contributed by atoms with Crippen LogP contribution in [0, 0.1) is 17.8 Å². The van der Waals surface area contributed by atoms with Crippen LogP contribution in [0.1, 0.15) is 32.1 Å². The van der Waals surface area contributed by atoms with E-state index in [2.05, 4.69) is 4.74 Å². The van der Waals surface area contributed by atoms with Gasteiger partial charge in [0.05, 0.1) is 19.3 Å². The average molecular weight is 267 g/mol. The fourth-order valence-corrected chi connectivity index (χ4v) is 4.33. The molecule has 19 heavy (non-hydrogen) atoms. The zero-order valence-electron chi connectivity index (χ0n) is 11.2. The van der Waals surface area contributed by atoms with Crippen molar-refractivity contribution in [3.63, 3.8) is 0 Å². The third kappa shape index (κ3) is 2.04. The molecule has 1 saturated heterocycles. The lowest BCUT2D eigenvalue weighted by molar-refractivity contribution is -0.141. The minimum absolute atomic E-state index is 0.0503. The molecule has 5 nitrogen and oxygen atoms in total. The summed E-state index contributed by atoms with van der Waals surface area (Å²) in [5, 5.41) is 10.2.